The maximum absolute atomic E-state index is 12.8. The smallest absolute Gasteiger partial charge is 0.349 e. The summed E-state index contributed by atoms with van der Waals surface area (Å²) in [4.78, 5) is 12.0. The highest BCUT2D eigenvalue weighted by Gasteiger charge is 2.36. The molecule has 2 heterocycles. The summed E-state index contributed by atoms with van der Waals surface area (Å²) in [7, 11) is -2.38. The molecule has 1 aliphatic heterocycles. The fraction of sp³-hybridized carbons (Fsp3) is 0.615. The fourth-order valence-electron chi connectivity index (χ4n) is 2.53. The van der Waals surface area contributed by atoms with Gasteiger partial charge in [0.05, 0.1) is 7.11 Å². The van der Waals surface area contributed by atoms with Crippen LogP contribution in [-0.4, -0.2) is 38.4 Å². The van der Waals surface area contributed by atoms with E-state index in [9.17, 15) is 13.2 Å². The lowest BCUT2D eigenvalue weighted by Crippen LogP contribution is -2.42. The highest BCUT2D eigenvalue weighted by molar-refractivity contribution is 7.89. The molecule has 1 aromatic heterocycles. The number of nitrogens with zero attached hydrogens (tertiary/aromatic N) is 1. The lowest BCUT2D eigenvalue weighted by molar-refractivity contribution is 0.0602. The molecule has 1 aromatic rings. The number of ether oxygens (including phenoxy) is 1. The van der Waals surface area contributed by atoms with Gasteiger partial charge < -0.3 is 4.74 Å². The van der Waals surface area contributed by atoms with E-state index in [0.29, 0.717) is 12.1 Å². The van der Waals surface area contributed by atoms with Crippen molar-refractivity contribution in [3.8, 4) is 0 Å². The molecule has 20 heavy (non-hydrogen) atoms. The minimum Gasteiger partial charge on any atom is -0.465 e. The number of carbonyl (C=O) groups is 1. The van der Waals surface area contributed by atoms with Crippen LogP contribution in [0.25, 0.3) is 0 Å². The van der Waals surface area contributed by atoms with Gasteiger partial charge in [0, 0.05) is 12.6 Å². The zero-order valence-electron chi connectivity index (χ0n) is 11.9. The van der Waals surface area contributed by atoms with E-state index in [1.807, 2.05) is 6.92 Å². The number of hydrogen-bond acceptors (Lipinski definition) is 5. The zero-order chi connectivity index (χ0) is 14.9. The summed E-state index contributed by atoms with van der Waals surface area (Å²) in [6, 6.07) is -0.0291. The summed E-state index contributed by atoms with van der Waals surface area (Å²) < 4.78 is 31.9. The number of aryl methyl sites for hydroxylation is 1. The Hall–Kier alpha value is -0.920. The standard InChI is InChI=1S/C13H19NO4S2/c1-9-8-19-11(13(15)18-3)12(9)20(16,17)14-7-5-4-6-10(14)2/h8,10H,4-7H2,1-3H3. The number of piperidine rings is 1. The second-order valence-corrected chi connectivity index (χ2v) is 7.74. The van der Waals surface area contributed by atoms with E-state index in [1.54, 1.807) is 12.3 Å². The Morgan fingerprint density at radius 3 is 2.75 bits per heavy atom. The summed E-state index contributed by atoms with van der Waals surface area (Å²) in [6.45, 7) is 4.14. The van der Waals surface area contributed by atoms with E-state index in [-0.39, 0.29) is 15.8 Å². The van der Waals surface area contributed by atoms with Gasteiger partial charge in [0.25, 0.3) is 0 Å². The first-order chi connectivity index (χ1) is 9.39. The molecular formula is C13H19NO4S2. The molecule has 0 aliphatic carbocycles. The van der Waals surface area contributed by atoms with Gasteiger partial charge in [-0.3, -0.25) is 0 Å². The maximum Gasteiger partial charge on any atom is 0.349 e. The highest BCUT2D eigenvalue weighted by Crippen LogP contribution is 2.33. The molecule has 7 heteroatoms. The molecular weight excluding hydrogens is 298 g/mol. The van der Waals surface area contributed by atoms with E-state index in [2.05, 4.69) is 4.74 Å². The second kappa shape index (κ2) is 5.83. The predicted octanol–water partition coefficient (Wildman–Crippen LogP) is 2.41. The summed E-state index contributed by atoms with van der Waals surface area (Å²) in [5.41, 5.74) is 0.605. The summed E-state index contributed by atoms with van der Waals surface area (Å²) >= 11 is 1.12. The lowest BCUT2D eigenvalue weighted by Gasteiger charge is -2.32. The fourth-order valence-corrected chi connectivity index (χ4v) is 5.90. The van der Waals surface area contributed by atoms with Crippen molar-refractivity contribution < 1.29 is 17.9 Å². The summed E-state index contributed by atoms with van der Waals surface area (Å²) in [5, 5.41) is 1.69. The van der Waals surface area contributed by atoms with Crippen LogP contribution in [0.2, 0.25) is 0 Å². The molecule has 0 spiro atoms. The largest absolute Gasteiger partial charge is 0.465 e. The first-order valence-corrected chi connectivity index (χ1v) is 8.89. The molecule has 1 fully saturated rings. The van der Waals surface area contributed by atoms with Crippen LogP contribution in [0.5, 0.6) is 0 Å². The van der Waals surface area contributed by atoms with E-state index in [4.69, 9.17) is 0 Å². The van der Waals surface area contributed by atoms with Crippen LogP contribution >= 0.6 is 11.3 Å². The van der Waals surface area contributed by atoms with Crippen molar-refractivity contribution >= 4 is 27.3 Å². The number of methoxy groups -OCH3 is 1. The molecule has 0 aromatic carbocycles. The van der Waals surface area contributed by atoms with Gasteiger partial charge in [-0.05, 0) is 37.6 Å². The molecule has 1 unspecified atom stereocenters. The first kappa shape index (κ1) is 15.5. The lowest BCUT2D eigenvalue weighted by atomic mass is 10.1. The summed E-state index contributed by atoms with van der Waals surface area (Å²) in [6.07, 6.45) is 2.76. The Kier molecular flexibility index (Phi) is 4.51. The number of rotatable bonds is 3. The molecule has 0 amide bonds. The van der Waals surface area contributed by atoms with Gasteiger partial charge in [0.1, 0.15) is 9.77 Å². The number of esters is 1. The van der Waals surface area contributed by atoms with Crippen molar-refractivity contribution in [2.45, 2.75) is 44.0 Å². The van der Waals surface area contributed by atoms with Crippen molar-refractivity contribution in [2.24, 2.45) is 0 Å². The van der Waals surface area contributed by atoms with E-state index in [1.165, 1.54) is 11.4 Å². The van der Waals surface area contributed by atoms with E-state index < -0.39 is 16.0 Å². The molecule has 112 valence electrons. The minimum atomic E-state index is -3.64. The van der Waals surface area contributed by atoms with Crippen molar-refractivity contribution in [1.29, 1.82) is 0 Å². The van der Waals surface area contributed by atoms with Crippen molar-refractivity contribution in [3.05, 3.63) is 15.8 Å². The van der Waals surface area contributed by atoms with Crippen LogP contribution in [0.15, 0.2) is 10.3 Å². The third-order valence-corrected chi connectivity index (χ3v) is 7.01. The van der Waals surface area contributed by atoms with Crippen LogP contribution in [0.4, 0.5) is 0 Å². The Bertz CT molecular complexity index is 606. The van der Waals surface area contributed by atoms with Crippen LogP contribution in [0.1, 0.15) is 41.4 Å². The Labute approximate surface area is 123 Å². The first-order valence-electron chi connectivity index (χ1n) is 6.58. The van der Waals surface area contributed by atoms with Gasteiger partial charge >= 0.3 is 5.97 Å². The van der Waals surface area contributed by atoms with Gasteiger partial charge in [-0.1, -0.05) is 6.42 Å². The van der Waals surface area contributed by atoms with Gasteiger partial charge in [-0.15, -0.1) is 11.3 Å². The quantitative estimate of drug-likeness (QED) is 0.803. The molecule has 0 saturated carbocycles. The van der Waals surface area contributed by atoms with Gasteiger partial charge in [-0.2, -0.15) is 4.31 Å². The second-order valence-electron chi connectivity index (χ2n) is 5.03. The third kappa shape index (κ3) is 2.62. The minimum absolute atomic E-state index is 0.0291. The number of sulfonamides is 1. The van der Waals surface area contributed by atoms with Gasteiger partial charge in [-0.25, -0.2) is 13.2 Å². The van der Waals surface area contributed by atoms with E-state index >= 15 is 0 Å². The van der Waals surface area contributed by atoms with Crippen LogP contribution in [-0.2, 0) is 14.8 Å². The molecule has 5 nitrogen and oxygen atoms in total. The normalized spacial score (nSPS) is 20.9. The molecule has 0 bridgehead atoms. The Balaban J connectivity index is 2.49. The van der Waals surface area contributed by atoms with E-state index in [0.717, 1.165) is 30.6 Å². The molecule has 1 aliphatic rings. The third-order valence-electron chi connectivity index (χ3n) is 3.60. The zero-order valence-corrected chi connectivity index (χ0v) is 13.5. The molecule has 1 saturated heterocycles. The molecule has 0 N–H and O–H groups in total. The topological polar surface area (TPSA) is 63.7 Å². The van der Waals surface area contributed by atoms with Crippen LogP contribution in [0, 0.1) is 6.92 Å². The monoisotopic (exact) mass is 317 g/mol. The van der Waals surface area contributed by atoms with Crippen LogP contribution in [0.3, 0.4) is 0 Å². The molecule has 0 radical (unpaired) electrons. The molecule has 1 atom stereocenters. The van der Waals surface area contributed by atoms with Crippen molar-refractivity contribution in [1.82, 2.24) is 4.31 Å². The van der Waals surface area contributed by atoms with Gasteiger partial charge in [0.2, 0.25) is 10.0 Å². The summed E-state index contributed by atoms with van der Waals surface area (Å²) in [5.74, 6) is -0.591. The molecule has 2 rings (SSSR count). The van der Waals surface area contributed by atoms with Gasteiger partial charge in [0.15, 0.2) is 0 Å². The number of thiophene rings is 1. The SMILES string of the molecule is COC(=O)c1scc(C)c1S(=O)(=O)N1CCCCC1C. The predicted molar refractivity (Wildman–Crippen MR) is 77.6 cm³/mol. The average molecular weight is 317 g/mol. The van der Waals surface area contributed by atoms with Crippen molar-refractivity contribution in [3.63, 3.8) is 0 Å². The Morgan fingerprint density at radius 1 is 1.45 bits per heavy atom. The van der Waals surface area contributed by atoms with Crippen LogP contribution < -0.4 is 0 Å². The number of hydrogen-bond donors (Lipinski definition) is 0. The van der Waals surface area contributed by atoms with Crippen molar-refractivity contribution in [2.75, 3.05) is 13.7 Å². The average Bonchev–Trinajstić information content (AvgIpc) is 2.80. The maximum atomic E-state index is 12.8. The number of carbonyl (C=O) groups excluding carboxylic acids is 1. The highest BCUT2D eigenvalue weighted by atomic mass is 32.2. The Morgan fingerprint density at radius 2 is 2.15 bits per heavy atom.